The van der Waals surface area contributed by atoms with Crippen LogP contribution < -0.4 is 5.32 Å². The summed E-state index contributed by atoms with van der Waals surface area (Å²) in [4.78, 5) is 23.6. The van der Waals surface area contributed by atoms with Crippen LogP contribution in [0.5, 0.6) is 0 Å². The van der Waals surface area contributed by atoms with Gasteiger partial charge >= 0.3 is 5.97 Å². The lowest BCUT2D eigenvalue weighted by Gasteiger charge is -2.27. The summed E-state index contributed by atoms with van der Waals surface area (Å²) in [7, 11) is 0. The summed E-state index contributed by atoms with van der Waals surface area (Å²) in [5.74, 6) is -1.09. The Kier molecular flexibility index (Phi) is 4.76. The van der Waals surface area contributed by atoms with Gasteiger partial charge in [-0.15, -0.1) is 0 Å². The Hall–Kier alpha value is -1.85. The summed E-state index contributed by atoms with van der Waals surface area (Å²) in [6.45, 7) is 0.269. The third-order valence-corrected chi connectivity index (χ3v) is 3.97. The van der Waals surface area contributed by atoms with Crippen molar-refractivity contribution in [1.82, 2.24) is 10.5 Å². The molecule has 110 valence electrons. The number of nitrogens with one attached hydrogen (secondary N) is 1. The summed E-state index contributed by atoms with van der Waals surface area (Å²) >= 11 is 0. The van der Waals surface area contributed by atoms with E-state index in [9.17, 15) is 14.7 Å². The number of hydrogen-bond acceptors (Lipinski definition) is 4. The van der Waals surface area contributed by atoms with Crippen molar-refractivity contribution in [3.63, 3.8) is 0 Å². The SMILES string of the molecule is O=C(CC1(C(=O)O)CCCCCC1)NCc1ccon1. The predicted molar refractivity (Wildman–Crippen MR) is 70.7 cm³/mol. The molecular weight excluding hydrogens is 260 g/mol. The molecule has 1 aliphatic rings. The van der Waals surface area contributed by atoms with Crippen LogP contribution in [-0.2, 0) is 16.1 Å². The molecule has 1 aromatic rings. The van der Waals surface area contributed by atoms with Gasteiger partial charge in [0, 0.05) is 12.5 Å². The van der Waals surface area contributed by atoms with Gasteiger partial charge in [0.25, 0.3) is 0 Å². The molecular formula is C14H20N2O4. The third kappa shape index (κ3) is 3.59. The van der Waals surface area contributed by atoms with Crippen molar-refractivity contribution in [3.05, 3.63) is 18.0 Å². The molecule has 6 heteroatoms. The van der Waals surface area contributed by atoms with E-state index < -0.39 is 11.4 Å². The molecule has 1 fully saturated rings. The van der Waals surface area contributed by atoms with Gasteiger partial charge in [0.15, 0.2) is 0 Å². The van der Waals surface area contributed by atoms with Crippen LogP contribution in [0, 0.1) is 5.41 Å². The predicted octanol–water partition coefficient (Wildman–Crippen LogP) is 2.11. The Morgan fingerprint density at radius 3 is 2.55 bits per heavy atom. The van der Waals surface area contributed by atoms with Crippen LogP contribution in [0.2, 0.25) is 0 Å². The van der Waals surface area contributed by atoms with Crippen LogP contribution in [0.15, 0.2) is 16.9 Å². The van der Waals surface area contributed by atoms with E-state index in [4.69, 9.17) is 0 Å². The van der Waals surface area contributed by atoms with Crippen molar-refractivity contribution in [2.75, 3.05) is 0 Å². The number of rotatable bonds is 5. The van der Waals surface area contributed by atoms with Crippen molar-refractivity contribution in [1.29, 1.82) is 0 Å². The van der Waals surface area contributed by atoms with E-state index >= 15 is 0 Å². The topological polar surface area (TPSA) is 92.4 Å². The molecule has 0 spiro atoms. The lowest BCUT2D eigenvalue weighted by atomic mass is 9.77. The van der Waals surface area contributed by atoms with E-state index in [-0.39, 0.29) is 18.9 Å². The normalized spacial score (nSPS) is 18.2. The van der Waals surface area contributed by atoms with Crippen LogP contribution in [0.25, 0.3) is 0 Å². The highest BCUT2D eigenvalue weighted by Crippen LogP contribution is 2.38. The second kappa shape index (κ2) is 6.54. The number of carbonyl (C=O) groups excluding carboxylic acids is 1. The van der Waals surface area contributed by atoms with Gasteiger partial charge in [-0.2, -0.15) is 0 Å². The van der Waals surface area contributed by atoms with Gasteiger partial charge in [-0.25, -0.2) is 0 Å². The Balaban J connectivity index is 1.93. The van der Waals surface area contributed by atoms with Gasteiger partial charge in [-0.1, -0.05) is 30.8 Å². The smallest absolute Gasteiger partial charge is 0.310 e. The number of carboxylic acids is 1. The molecule has 0 aromatic carbocycles. The number of aliphatic carboxylic acids is 1. The van der Waals surface area contributed by atoms with E-state index in [1.165, 1.54) is 6.26 Å². The average molecular weight is 280 g/mol. The minimum absolute atomic E-state index is 0.0418. The Labute approximate surface area is 117 Å². The van der Waals surface area contributed by atoms with Crippen molar-refractivity contribution >= 4 is 11.9 Å². The number of amides is 1. The van der Waals surface area contributed by atoms with Crippen molar-refractivity contribution in [2.24, 2.45) is 5.41 Å². The van der Waals surface area contributed by atoms with E-state index in [0.29, 0.717) is 18.5 Å². The summed E-state index contributed by atoms with van der Waals surface area (Å²) < 4.78 is 4.68. The molecule has 1 amide bonds. The minimum atomic E-state index is -0.898. The maximum atomic E-state index is 12.0. The second-order valence-electron chi connectivity index (χ2n) is 5.44. The zero-order valence-electron chi connectivity index (χ0n) is 11.4. The highest BCUT2D eigenvalue weighted by Gasteiger charge is 2.40. The van der Waals surface area contributed by atoms with Gasteiger partial charge in [0.05, 0.1) is 12.0 Å². The van der Waals surface area contributed by atoms with Gasteiger partial charge in [-0.3, -0.25) is 9.59 Å². The molecule has 2 rings (SSSR count). The van der Waals surface area contributed by atoms with E-state index in [1.807, 2.05) is 0 Å². The zero-order valence-corrected chi connectivity index (χ0v) is 11.4. The van der Waals surface area contributed by atoms with Crippen molar-refractivity contribution < 1.29 is 19.2 Å². The molecule has 1 heterocycles. The van der Waals surface area contributed by atoms with Crippen LogP contribution in [0.4, 0.5) is 0 Å². The molecule has 0 aliphatic heterocycles. The highest BCUT2D eigenvalue weighted by atomic mass is 16.5. The second-order valence-corrected chi connectivity index (χ2v) is 5.44. The molecule has 0 unspecified atom stereocenters. The monoisotopic (exact) mass is 280 g/mol. The fourth-order valence-corrected chi connectivity index (χ4v) is 2.76. The number of aromatic nitrogens is 1. The standard InChI is InChI=1S/C14H20N2O4/c17-12(15-10-11-5-8-20-16-11)9-14(13(18)19)6-3-1-2-4-7-14/h5,8H,1-4,6-7,9-10H2,(H,15,17)(H,18,19). The first kappa shape index (κ1) is 14.6. The molecule has 1 saturated carbocycles. The molecule has 20 heavy (non-hydrogen) atoms. The number of hydrogen-bond donors (Lipinski definition) is 2. The summed E-state index contributed by atoms with van der Waals surface area (Å²) in [5.41, 5.74) is -0.270. The number of carboxylic acid groups (broad SMARTS) is 1. The molecule has 0 bridgehead atoms. The summed E-state index contributed by atoms with van der Waals surface area (Å²) in [5, 5.41) is 15.9. The first-order valence-electron chi connectivity index (χ1n) is 7.02. The Bertz CT molecular complexity index is 448. The lowest BCUT2D eigenvalue weighted by Crippen LogP contribution is -2.37. The van der Waals surface area contributed by atoms with Crippen LogP contribution in [-0.4, -0.2) is 22.1 Å². The summed E-state index contributed by atoms with van der Waals surface area (Å²) in [6.07, 6.45) is 6.50. The highest BCUT2D eigenvalue weighted by molar-refractivity contribution is 5.84. The molecule has 2 N–H and O–H groups in total. The van der Waals surface area contributed by atoms with Gasteiger partial charge in [-0.05, 0) is 12.8 Å². The van der Waals surface area contributed by atoms with Crippen LogP contribution >= 0.6 is 0 Å². The van der Waals surface area contributed by atoms with Crippen molar-refractivity contribution in [2.45, 2.75) is 51.5 Å². The van der Waals surface area contributed by atoms with Crippen LogP contribution in [0.3, 0.4) is 0 Å². The molecule has 0 radical (unpaired) electrons. The maximum Gasteiger partial charge on any atom is 0.310 e. The van der Waals surface area contributed by atoms with E-state index in [0.717, 1.165) is 25.7 Å². The molecule has 0 saturated heterocycles. The van der Waals surface area contributed by atoms with Crippen molar-refractivity contribution in [3.8, 4) is 0 Å². The lowest BCUT2D eigenvalue weighted by molar-refractivity contribution is -0.152. The Morgan fingerprint density at radius 2 is 2.00 bits per heavy atom. The average Bonchev–Trinajstić information content (AvgIpc) is 2.82. The Morgan fingerprint density at radius 1 is 1.30 bits per heavy atom. The summed E-state index contributed by atoms with van der Waals surface area (Å²) in [6, 6.07) is 1.67. The minimum Gasteiger partial charge on any atom is -0.481 e. The van der Waals surface area contributed by atoms with Gasteiger partial charge < -0.3 is 14.9 Å². The number of nitrogens with zero attached hydrogens (tertiary/aromatic N) is 1. The molecule has 1 aromatic heterocycles. The number of carbonyl (C=O) groups is 2. The fourth-order valence-electron chi connectivity index (χ4n) is 2.76. The van der Waals surface area contributed by atoms with Gasteiger partial charge in [0.2, 0.25) is 5.91 Å². The maximum absolute atomic E-state index is 12.0. The zero-order chi connectivity index (χ0) is 14.4. The first-order valence-corrected chi connectivity index (χ1v) is 7.02. The molecule has 1 aliphatic carbocycles. The molecule has 0 atom stereocenters. The first-order chi connectivity index (χ1) is 9.62. The largest absolute Gasteiger partial charge is 0.481 e. The fraction of sp³-hybridized carbons (Fsp3) is 0.643. The van der Waals surface area contributed by atoms with E-state index in [2.05, 4.69) is 15.0 Å². The quantitative estimate of drug-likeness (QED) is 0.806. The van der Waals surface area contributed by atoms with Gasteiger partial charge in [0.1, 0.15) is 12.0 Å². The van der Waals surface area contributed by atoms with Crippen LogP contribution in [0.1, 0.15) is 50.6 Å². The van der Waals surface area contributed by atoms with E-state index in [1.54, 1.807) is 6.07 Å². The molecule has 6 nitrogen and oxygen atoms in total. The third-order valence-electron chi connectivity index (χ3n) is 3.97.